The van der Waals surface area contributed by atoms with Gasteiger partial charge in [0.2, 0.25) is 10.0 Å². The summed E-state index contributed by atoms with van der Waals surface area (Å²) in [7, 11) is -4.05. The highest BCUT2D eigenvalue weighted by Gasteiger charge is 2.28. The van der Waals surface area contributed by atoms with Crippen molar-refractivity contribution in [2.24, 2.45) is 5.92 Å². The van der Waals surface area contributed by atoms with E-state index < -0.39 is 26.8 Å². The molecular formula is C12H16ClFN2O3S. The molecule has 2 rings (SSSR count). The van der Waals surface area contributed by atoms with E-state index in [1.165, 1.54) is 0 Å². The maximum absolute atomic E-state index is 13.8. The average Bonchev–Trinajstić information content (AvgIpc) is 2.77. The first-order valence-electron chi connectivity index (χ1n) is 6.23. The van der Waals surface area contributed by atoms with Gasteiger partial charge in [-0.05, 0) is 30.9 Å². The van der Waals surface area contributed by atoms with Gasteiger partial charge in [-0.1, -0.05) is 18.0 Å². The second-order valence-electron chi connectivity index (χ2n) is 4.93. The number of rotatable bonds is 4. The number of halogens is 2. The number of nitrogens with two attached hydrogens (primary N) is 1. The molecule has 1 aromatic rings. The molecule has 0 aliphatic heterocycles. The van der Waals surface area contributed by atoms with Crippen LogP contribution in [0.3, 0.4) is 0 Å². The standard InChI is InChI=1S/C12H16ClFN2O3S/c13-9-4-8(15)5-11(12(9)14)20(18,19)16-6-7-2-1-3-10(7)17/h4-5,7,10,16-17H,1-3,6,15H2. The number of nitrogens with one attached hydrogen (secondary N) is 1. The third-order valence-electron chi connectivity index (χ3n) is 3.46. The van der Waals surface area contributed by atoms with Crippen molar-refractivity contribution in [3.8, 4) is 0 Å². The van der Waals surface area contributed by atoms with E-state index in [9.17, 15) is 17.9 Å². The highest BCUT2D eigenvalue weighted by Crippen LogP contribution is 2.27. The molecule has 1 fully saturated rings. The minimum absolute atomic E-state index is 0.0648. The lowest BCUT2D eigenvalue weighted by Gasteiger charge is -2.16. The maximum atomic E-state index is 13.8. The van der Waals surface area contributed by atoms with Crippen LogP contribution in [0.5, 0.6) is 0 Å². The van der Waals surface area contributed by atoms with Crippen LogP contribution in [-0.4, -0.2) is 26.2 Å². The highest BCUT2D eigenvalue weighted by molar-refractivity contribution is 7.89. The Bertz CT molecular complexity index is 609. The van der Waals surface area contributed by atoms with E-state index in [2.05, 4.69) is 4.72 Å². The van der Waals surface area contributed by atoms with Crippen LogP contribution in [0.15, 0.2) is 17.0 Å². The lowest BCUT2D eigenvalue weighted by Crippen LogP contribution is -2.33. The van der Waals surface area contributed by atoms with Crippen LogP contribution in [0, 0.1) is 11.7 Å². The van der Waals surface area contributed by atoms with Gasteiger partial charge in [0.05, 0.1) is 11.1 Å². The number of hydrogen-bond acceptors (Lipinski definition) is 4. The normalized spacial score (nSPS) is 23.1. The zero-order valence-electron chi connectivity index (χ0n) is 10.6. The largest absolute Gasteiger partial charge is 0.399 e. The van der Waals surface area contributed by atoms with Crippen molar-refractivity contribution in [1.29, 1.82) is 0 Å². The molecule has 1 aliphatic rings. The van der Waals surface area contributed by atoms with E-state index in [4.69, 9.17) is 17.3 Å². The molecule has 0 aromatic heterocycles. The highest BCUT2D eigenvalue weighted by atomic mass is 35.5. The number of benzene rings is 1. The van der Waals surface area contributed by atoms with E-state index >= 15 is 0 Å². The summed E-state index contributed by atoms with van der Waals surface area (Å²) in [5, 5.41) is 9.31. The Morgan fingerprint density at radius 3 is 2.75 bits per heavy atom. The lowest BCUT2D eigenvalue weighted by molar-refractivity contribution is 0.134. The van der Waals surface area contributed by atoms with Crippen molar-refractivity contribution >= 4 is 27.3 Å². The van der Waals surface area contributed by atoms with E-state index in [1.807, 2.05) is 0 Å². The summed E-state index contributed by atoms with van der Waals surface area (Å²) in [6, 6.07) is 2.17. The summed E-state index contributed by atoms with van der Waals surface area (Å²) in [6.07, 6.45) is 1.73. The summed E-state index contributed by atoms with van der Waals surface area (Å²) in [4.78, 5) is -0.574. The second kappa shape index (κ2) is 5.85. The number of nitrogen functional groups attached to an aromatic ring is 1. The SMILES string of the molecule is Nc1cc(Cl)c(F)c(S(=O)(=O)NCC2CCCC2O)c1. The van der Waals surface area contributed by atoms with Gasteiger partial charge in [-0.15, -0.1) is 0 Å². The van der Waals surface area contributed by atoms with Crippen LogP contribution in [-0.2, 0) is 10.0 Å². The van der Waals surface area contributed by atoms with Gasteiger partial charge in [-0.3, -0.25) is 0 Å². The number of sulfonamides is 1. The van der Waals surface area contributed by atoms with Crippen molar-refractivity contribution in [1.82, 2.24) is 4.72 Å². The lowest BCUT2D eigenvalue weighted by atomic mass is 10.1. The third kappa shape index (κ3) is 3.22. The molecule has 8 heteroatoms. The van der Waals surface area contributed by atoms with Crippen LogP contribution in [0.25, 0.3) is 0 Å². The maximum Gasteiger partial charge on any atom is 0.243 e. The molecule has 20 heavy (non-hydrogen) atoms. The molecule has 0 radical (unpaired) electrons. The number of anilines is 1. The predicted octanol–water partition coefficient (Wildman–Crippen LogP) is 1.50. The summed E-state index contributed by atoms with van der Waals surface area (Å²) < 4.78 is 40.2. The Morgan fingerprint density at radius 2 is 2.15 bits per heavy atom. The van der Waals surface area contributed by atoms with Crippen molar-refractivity contribution in [3.63, 3.8) is 0 Å². The van der Waals surface area contributed by atoms with Crippen LogP contribution in [0.1, 0.15) is 19.3 Å². The molecule has 112 valence electrons. The zero-order chi connectivity index (χ0) is 14.9. The van der Waals surface area contributed by atoms with Gasteiger partial charge < -0.3 is 10.8 Å². The van der Waals surface area contributed by atoms with E-state index in [0.29, 0.717) is 6.42 Å². The average molecular weight is 323 g/mol. The van der Waals surface area contributed by atoms with Gasteiger partial charge in [0, 0.05) is 12.2 Å². The first-order valence-corrected chi connectivity index (χ1v) is 8.09. The van der Waals surface area contributed by atoms with Crippen LogP contribution in [0.2, 0.25) is 5.02 Å². The van der Waals surface area contributed by atoms with E-state index in [1.54, 1.807) is 0 Å². The quantitative estimate of drug-likeness (QED) is 0.732. The molecule has 1 aromatic carbocycles. The van der Waals surface area contributed by atoms with Crippen LogP contribution in [0.4, 0.5) is 10.1 Å². The Hall–Kier alpha value is -0.890. The predicted molar refractivity (Wildman–Crippen MR) is 74.4 cm³/mol. The second-order valence-corrected chi connectivity index (χ2v) is 7.07. The van der Waals surface area contributed by atoms with E-state index in [0.717, 1.165) is 25.0 Å². The fourth-order valence-electron chi connectivity index (χ4n) is 2.33. The van der Waals surface area contributed by atoms with Gasteiger partial charge in [0.1, 0.15) is 4.90 Å². The molecule has 5 nitrogen and oxygen atoms in total. The molecule has 1 aliphatic carbocycles. The molecule has 2 atom stereocenters. The van der Waals surface area contributed by atoms with E-state index in [-0.39, 0.29) is 23.2 Å². The Labute approximate surface area is 122 Å². The fourth-order valence-corrected chi connectivity index (χ4v) is 3.84. The molecule has 0 spiro atoms. The Kier molecular flexibility index (Phi) is 4.53. The van der Waals surface area contributed by atoms with Crippen LogP contribution < -0.4 is 10.5 Å². The van der Waals surface area contributed by atoms with Gasteiger partial charge in [-0.25, -0.2) is 17.5 Å². The van der Waals surface area contributed by atoms with Crippen molar-refractivity contribution in [2.45, 2.75) is 30.3 Å². The van der Waals surface area contributed by atoms with Crippen molar-refractivity contribution in [3.05, 3.63) is 23.0 Å². The monoisotopic (exact) mass is 322 g/mol. The topological polar surface area (TPSA) is 92.4 Å². The number of aliphatic hydroxyl groups is 1. The Balaban J connectivity index is 2.18. The third-order valence-corrected chi connectivity index (χ3v) is 5.16. The minimum Gasteiger partial charge on any atom is -0.399 e. The summed E-state index contributed by atoms with van der Waals surface area (Å²) in [5.74, 6) is -1.18. The minimum atomic E-state index is -4.05. The molecule has 1 saturated carbocycles. The fraction of sp³-hybridized carbons (Fsp3) is 0.500. The van der Waals surface area contributed by atoms with Gasteiger partial charge >= 0.3 is 0 Å². The van der Waals surface area contributed by atoms with Crippen molar-refractivity contribution < 1.29 is 17.9 Å². The van der Waals surface area contributed by atoms with Crippen molar-refractivity contribution in [2.75, 3.05) is 12.3 Å². The molecule has 4 N–H and O–H groups in total. The molecule has 0 saturated heterocycles. The number of hydrogen-bond donors (Lipinski definition) is 3. The molecule has 2 unspecified atom stereocenters. The molecule has 0 bridgehead atoms. The smallest absolute Gasteiger partial charge is 0.243 e. The molecular weight excluding hydrogens is 307 g/mol. The van der Waals surface area contributed by atoms with Gasteiger partial charge in [0.25, 0.3) is 0 Å². The summed E-state index contributed by atoms with van der Waals surface area (Å²) >= 11 is 5.59. The molecule has 0 amide bonds. The Morgan fingerprint density at radius 1 is 1.45 bits per heavy atom. The van der Waals surface area contributed by atoms with Crippen LogP contribution >= 0.6 is 11.6 Å². The van der Waals surface area contributed by atoms with Gasteiger partial charge in [0.15, 0.2) is 5.82 Å². The summed E-state index contributed by atoms with van der Waals surface area (Å²) in [5.41, 5.74) is 5.55. The first-order chi connectivity index (χ1) is 9.31. The number of aliphatic hydroxyl groups excluding tert-OH is 1. The zero-order valence-corrected chi connectivity index (χ0v) is 12.2. The summed E-state index contributed by atoms with van der Waals surface area (Å²) in [6.45, 7) is 0.0648. The van der Waals surface area contributed by atoms with Gasteiger partial charge in [-0.2, -0.15) is 0 Å². The molecule has 0 heterocycles. The first kappa shape index (κ1) is 15.5.